The Labute approximate surface area is 163 Å². The zero-order valence-electron chi connectivity index (χ0n) is 16.1. The zero-order chi connectivity index (χ0) is 19.8. The van der Waals surface area contributed by atoms with E-state index in [0.717, 1.165) is 29.8 Å². The van der Waals surface area contributed by atoms with Crippen LogP contribution in [0.3, 0.4) is 0 Å². The number of rotatable bonds is 10. The number of benzene rings is 1. The van der Waals surface area contributed by atoms with Crippen LogP contribution in [0.25, 0.3) is 0 Å². The number of carbonyl (C=O) groups excluding carboxylic acids is 1. The summed E-state index contributed by atoms with van der Waals surface area (Å²) in [6.45, 7) is 2.31. The highest BCUT2D eigenvalue weighted by Crippen LogP contribution is 2.19. The molecule has 148 valence electrons. The maximum absolute atomic E-state index is 12.0. The number of amides is 1. The SMILES string of the molecule is CCc1cc(CNC(=O)CCc2nnc(CCc3ccccc3OC)o2)on1. The second-order valence-corrected chi connectivity index (χ2v) is 6.32. The standard InChI is InChI=1S/C20H24N4O4/c1-3-15-12-16(28-24-15)13-21-18(25)9-11-20-23-22-19(27-20)10-8-14-6-4-5-7-17(14)26-2/h4-7,12H,3,8-11,13H2,1-2H3,(H,21,25). The van der Waals surface area contributed by atoms with Gasteiger partial charge < -0.3 is 19.0 Å². The van der Waals surface area contributed by atoms with Crippen molar-refractivity contribution in [1.29, 1.82) is 0 Å². The fourth-order valence-electron chi connectivity index (χ4n) is 2.74. The van der Waals surface area contributed by atoms with E-state index in [2.05, 4.69) is 20.7 Å². The Morgan fingerprint density at radius 1 is 1.14 bits per heavy atom. The average Bonchev–Trinajstić information content (AvgIpc) is 3.38. The van der Waals surface area contributed by atoms with Crippen LogP contribution in [0.1, 0.15) is 42.1 Å². The molecule has 8 heteroatoms. The van der Waals surface area contributed by atoms with E-state index >= 15 is 0 Å². The van der Waals surface area contributed by atoms with Gasteiger partial charge in [-0.2, -0.15) is 0 Å². The number of ether oxygens (including phenoxy) is 1. The molecule has 3 rings (SSSR count). The van der Waals surface area contributed by atoms with E-state index in [9.17, 15) is 4.79 Å². The first-order valence-corrected chi connectivity index (χ1v) is 9.32. The summed E-state index contributed by atoms with van der Waals surface area (Å²) in [4.78, 5) is 12.0. The summed E-state index contributed by atoms with van der Waals surface area (Å²) >= 11 is 0. The lowest BCUT2D eigenvalue weighted by molar-refractivity contribution is -0.121. The number of nitrogens with one attached hydrogen (secondary N) is 1. The number of aromatic nitrogens is 3. The van der Waals surface area contributed by atoms with Gasteiger partial charge in [0.2, 0.25) is 17.7 Å². The van der Waals surface area contributed by atoms with E-state index in [1.807, 2.05) is 37.3 Å². The van der Waals surface area contributed by atoms with Crippen molar-refractivity contribution in [2.75, 3.05) is 7.11 Å². The van der Waals surface area contributed by atoms with Gasteiger partial charge in [-0.3, -0.25) is 4.79 Å². The fraction of sp³-hybridized carbons (Fsp3) is 0.400. The molecule has 0 spiro atoms. The van der Waals surface area contributed by atoms with Crippen molar-refractivity contribution in [3.8, 4) is 5.75 Å². The van der Waals surface area contributed by atoms with Crippen LogP contribution in [0.15, 0.2) is 39.3 Å². The Morgan fingerprint density at radius 3 is 2.68 bits per heavy atom. The molecule has 0 fully saturated rings. The van der Waals surface area contributed by atoms with Crippen molar-refractivity contribution >= 4 is 5.91 Å². The van der Waals surface area contributed by atoms with Gasteiger partial charge in [0.25, 0.3) is 0 Å². The van der Waals surface area contributed by atoms with Gasteiger partial charge in [0.1, 0.15) is 5.75 Å². The van der Waals surface area contributed by atoms with Gasteiger partial charge in [-0.1, -0.05) is 30.3 Å². The smallest absolute Gasteiger partial charge is 0.220 e. The number of hydrogen-bond donors (Lipinski definition) is 1. The maximum Gasteiger partial charge on any atom is 0.220 e. The summed E-state index contributed by atoms with van der Waals surface area (Å²) in [7, 11) is 1.65. The van der Waals surface area contributed by atoms with Crippen LogP contribution in [0.2, 0.25) is 0 Å². The van der Waals surface area contributed by atoms with Crippen molar-refractivity contribution in [2.24, 2.45) is 0 Å². The highest BCUT2D eigenvalue weighted by Gasteiger charge is 2.11. The highest BCUT2D eigenvalue weighted by atomic mass is 16.5. The van der Waals surface area contributed by atoms with Crippen molar-refractivity contribution in [3.05, 3.63) is 59.1 Å². The van der Waals surface area contributed by atoms with E-state index in [4.69, 9.17) is 13.7 Å². The van der Waals surface area contributed by atoms with E-state index < -0.39 is 0 Å². The minimum absolute atomic E-state index is 0.108. The van der Waals surface area contributed by atoms with E-state index in [1.165, 1.54) is 0 Å². The topological polar surface area (TPSA) is 103 Å². The third kappa shape index (κ3) is 5.42. The fourth-order valence-corrected chi connectivity index (χ4v) is 2.74. The molecule has 0 atom stereocenters. The molecule has 0 unspecified atom stereocenters. The maximum atomic E-state index is 12.0. The molecule has 1 N–H and O–H groups in total. The van der Waals surface area contributed by atoms with Crippen LogP contribution < -0.4 is 10.1 Å². The Kier molecular flexibility index (Phi) is 6.78. The monoisotopic (exact) mass is 384 g/mol. The van der Waals surface area contributed by atoms with Crippen molar-refractivity contribution in [2.45, 2.75) is 45.6 Å². The highest BCUT2D eigenvalue weighted by molar-refractivity contribution is 5.75. The van der Waals surface area contributed by atoms with Crippen molar-refractivity contribution in [1.82, 2.24) is 20.7 Å². The molecule has 2 aromatic heterocycles. The number of carbonyl (C=O) groups is 1. The average molecular weight is 384 g/mol. The van der Waals surface area contributed by atoms with E-state index in [1.54, 1.807) is 7.11 Å². The second-order valence-electron chi connectivity index (χ2n) is 6.32. The second kappa shape index (κ2) is 9.68. The largest absolute Gasteiger partial charge is 0.496 e. The Bertz CT molecular complexity index is 903. The molecule has 3 aromatic rings. The molecule has 0 bridgehead atoms. The van der Waals surface area contributed by atoms with Gasteiger partial charge in [-0.25, -0.2) is 0 Å². The lowest BCUT2D eigenvalue weighted by atomic mass is 10.1. The molecule has 0 saturated carbocycles. The Hall–Kier alpha value is -3.16. The van der Waals surface area contributed by atoms with Crippen molar-refractivity contribution in [3.63, 3.8) is 0 Å². The van der Waals surface area contributed by atoms with E-state index in [0.29, 0.717) is 36.9 Å². The lowest BCUT2D eigenvalue weighted by Gasteiger charge is -2.06. The van der Waals surface area contributed by atoms with Crippen LogP contribution in [-0.4, -0.2) is 28.4 Å². The van der Waals surface area contributed by atoms with Gasteiger partial charge >= 0.3 is 0 Å². The third-order valence-electron chi connectivity index (χ3n) is 4.31. The summed E-state index contributed by atoms with van der Waals surface area (Å²) < 4.78 is 16.1. The molecule has 8 nitrogen and oxygen atoms in total. The molecule has 28 heavy (non-hydrogen) atoms. The van der Waals surface area contributed by atoms with E-state index in [-0.39, 0.29) is 12.3 Å². The summed E-state index contributed by atoms with van der Waals surface area (Å²) in [5, 5.41) is 14.8. The quantitative estimate of drug-likeness (QED) is 0.573. The summed E-state index contributed by atoms with van der Waals surface area (Å²) in [6.07, 6.45) is 2.81. The first-order chi connectivity index (χ1) is 13.7. The van der Waals surface area contributed by atoms with Crippen LogP contribution in [0.4, 0.5) is 0 Å². The lowest BCUT2D eigenvalue weighted by Crippen LogP contribution is -2.22. The molecule has 0 aliphatic heterocycles. The number of nitrogens with zero attached hydrogens (tertiary/aromatic N) is 3. The molecule has 1 aromatic carbocycles. The molecule has 0 aliphatic rings. The first-order valence-electron chi connectivity index (χ1n) is 9.32. The minimum Gasteiger partial charge on any atom is -0.496 e. The predicted octanol–water partition coefficient (Wildman–Crippen LogP) is 2.66. The van der Waals surface area contributed by atoms with Gasteiger partial charge in [-0.05, 0) is 24.5 Å². The summed E-state index contributed by atoms with van der Waals surface area (Å²) in [5.74, 6) is 2.38. The number of para-hydroxylation sites is 1. The molecule has 1 amide bonds. The first kappa shape index (κ1) is 19.6. The Balaban J connectivity index is 1.42. The van der Waals surface area contributed by atoms with Crippen LogP contribution in [-0.2, 0) is 37.0 Å². The predicted molar refractivity (Wildman–Crippen MR) is 101 cm³/mol. The third-order valence-corrected chi connectivity index (χ3v) is 4.31. The summed E-state index contributed by atoms with van der Waals surface area (Å²) in [6, 6.07) is 9.68. The number of hydrogen-bond acceptors (Lipinski definition) is 7. The zero-order valence-corrected chi connectivity index (χ0v) is 16.1. The Morgan fingerprint density at radius 2 is 1.93 bits per heavy atom. The number of methoxy groups -OCH3 is 1. The minimum atomic E-state index is -0.108. The van der Waals surface area contributed by atoms with Gasteiger partial charge in [0.05, 0.1) is 19.3 Å². The molecule has 2 heterocycles. The summed E-state index contributed by atoms with van der Waals surface area (Å²) in [5.41, 5.74) is 1.96. The number of aryl methyl sites for hydroxylation is 4. The molecule has 0 aliphatic carbocycles. The molecule has 0 saturated heterocycles. The normalized spacial score (nSPS) is 10.8. The van der Waals surface area contributed by atoms with Crippen LogP contribution in [0, 0.1) is 0 Å². The van der Waals surface area contributed by atoms with Crippen LogP contribution in [0.5, 0.6) is 5.75 Å². The van der Waals surface area contributed by atoms with Crippen LogP contribution >= 0.6 is 0 Å². The van der Waals surface area contributed by atoms with Gasteiger partial charge in [-0.15, -0.1) is 10.2 Å². The molecule has 0 radical (unpaired) electrons. The van der Waals surface area contributed by atoms with Gasteiger partial charge in [0, 0.05) is 25.3 Å². The van der Waals surface area contributed by atoms with Crippen molar-refractivity contribution < 1.29 is 18.5 Å². The molecular formula is C20H24N4O4. The molecular weight excluding hydrogens is 360 g/mol. The van der Waals surface area contributed by atoms with Gasteiger partial charge in [0.15, 0.2) is 5.76 Å².